The highest BCUT2D eigenvalue weighted by molar-refractivity contribution is 7.09. The molecular weight excluding hydrogens is 268 g/mol. The Hall–Kier alpha value is -1.23. The molecule has 0 unspecified atom stereocenters. The van der Waals surface area contributed by atoms with E-state index in [2.05, 4.69) is 34.7 Å². The van der Waals surface area contributed by atoms with Gasteiger partial charge in [0, 0.05) is 30.7 Å². The van der Waals surface area contributed by atoms with Crippen LogP contribution in [0.25, 0.3) is 11.3 Å². The van der Waals surface area contributed by atoms with Crippen LogP contribution < -0.4 is 5.32 Å². The van der Waals surface area contributed by atoms with E-state index in [0.29, 0.717) is 0 Å². The summed E-state index contributed by atoms with van der Waals surface area (Å²) in [5, 5.41) is 6.67. The molecular formula is C16H22N2OS. The minimum absolute atomic E-state index is 0.839. The van der Waals surface area contributed by atoms with Crippen LogP contribution in [0.15, 0.2) is 35.7 Å². The van der Waals surface area contributed by atoms with Crippen LogP contribution >= 0.6 is 11.3 Å². The molecule has 4 heteroatoms. The maximum absolute atomic E-state index is 5.44. The van der Waals surface area contributed by atoms with E-state index in [0.717, 1.165) is 49.8 Å². The first kappa shape index (κ1) is 15.2. The van der Waals surface area contributed by atoms with Gasteiger partial charge in [-0.25, -0.2) is 4.98 Å². The van der Waals surface area contributed by atoms with Crippen molar-refractivity contribution < 1.29 is 4.74 Å². The number of ether oxygens (including phenoxy) is 1. The third-order valence-corrected chi connectivity index (χ3v) is 3.74. The second-order valence-corrected chi connectivity index (χ2v) is 5.58. The van der Waals surface area contributed by atoms with Gasteiger partial charge in [-0.2, -0.15) is 0 Å². The molecule has 0 saturated heterocycles. The highest BCUT2D eigenvalue weighted by Gasteiger charge is 2.03. The molecule has 3 nitrogen and oxygen atoms in total. The van der Waals surface area contributed by atoms with Crippen molar-refractivity contribution in [3.05, 3.63) is 40.7 Å². The molecule has 1 aromatic carbocycles. The quantitative estimate of drug-likeness (QED) is 0.715. The fourth-order valence-corrected chi connectivity index (χ4v) is 2.65. The molecule has 0 aliphatic carbocycles. The normalized spacial score (nSPS) is 10.8. The van der Waals surface area contributed by atoms with Gasteiger partial charge in [-0.3, -0.25) is 0 Å². The van der Waals surface area contributed by atoms with Crippen molar-refractivity contribution in [1.29, 1.82) is 0 Å². The summed E-state index contributed by atoms with van der Waals surface area (Å²) in [6, 6.07) is 10.3. The van der Waals surface area contributed by atoms with Crippen molar-refractivity contribution in [3.63, 3.8) is 0 Å². The van der Waals surface area contributed by atoms with Gasteiger partial charge in [0.2, 0.25) is 0 Å². The summed E-state index contributed by atoms with van der Waals surface area (Å²) in [7, 11) is 0. The summed E-state index contributed by atoms with van der Waals surface area (Å²) >= 11 is 1.71. The van der Waals surface area contributed by atoms with Crippen LogP contribution in [0.2, 0.25) is 0 Å². The Morgan fingerprint density at radius 3 is 2.85 bits per heavy atom. The smallest absolute Gasteiger partial charge is 0.107 e. The number of aromatic nitrogens is 1. The van der Waals surface area contributed by atoms with Crippen LogP contribution in [0.5, 0.6) is 0 Å². The lowest BCUT2D eigenvalue weighted by Crippen LogP contribution is -2.16. The molecule has 0 bridgehead atoms. The molecule has 0 amide bonds. The molecule has 0 atom stereocenters. The SMILES string of the molecule is CCCOCCCNCc1nc(-c2ccccc2)cs1. The van der Waals surface area contributed by atoms with E-state index in [1.54, 1.807) is 11.3 Å². The van der Waals surface area contributed by atoms with Crippen molar-refractivity contribution in [2.45, 2.75) is 26.3 Å². The van der Waals surface area contributed by atoms with Crippen LogP contribution in [0.1, 0.15) is 24.8 Å². The maximum atomic E-state index is 5.44. The number of nitrogens with one attached hydrogen (secondary N) is 1. The third kappa shape index (κ3) is 5.04. The summed E-state index contributed by atoms with van der Waals surface area (Å²) in [4.78, 5) is 4.65. The van der Waals surface area contributed by atoms with Gasteiger partial charge in [0.05, 0.1) is 5.69 Å². The first-order valence-electron chi connectivity index (χ1n) is 7.18. The van der Waals surface area contributed by atoms with E-state index in [-0.39, 0.29) is 0 Å². The molecule has 0 saturated carbocycles. The van der Waals surface area contributed by atoms with Crippen LogP contribution in [-0.4, -0.2) is 24.7 Å². The maximum Gasteiger partial charge on any atom is 0.107 e. The van der Waals surface area contributed by atoms with Crippen molar-refractivity contribution in [1.82, 2.24) is 10.3 Å². The van der Waals surface area contributed by atoms with Gasteiger partial charge in [0.1, 0.15) is 5.01 Å². The van der Waals surface area contributed by atoms with Gasteiger partial charge in [-0.05, 0) is 19.4 Å². The van der Waals surface area contributed by atoms with E-state index in [1.807, 2.05) is 18.2 Å². The summed E-state index contributed by atoms with van der Waals surface area (Å²) in [5.41, 5.74) is 2.25. The Bertz CT molecular complexity index is 484. The first-order valence-corrected chi connectivity index (χ1v) is 8.06. The predicted octanol–water partition coefficient (Wildman–Crippen LogP) is 3.72. The van der Waals surface area contributed by atoms with Crippen molar-refractivity contribution >= 4 is 11.3 Å². The van der Waals surface area contributed by atoms with Crippen LogP contribution in [0, 0.1) is 0 Å². The lowest BCUT2D eigenvalue weighted by Gasteiger charge is -2.03. The molecule has 20 heavy (non-hydrogen) atoms. The average molecular weight is 290 g/mol. The van der Waals surface area contributed by atoms with E-state index in [4.69, 9.17) is 4.74 Å². The van der Waals surface area contributed by atoms with Crippen molar-refractivity contribution in [2.24, 2.45) is 0 Å². The largest absolute Gasteiger partial charge is 0.381 e. The predicted molar refractivity (Wildman–Crippen MR) is 85.0 cm³/mol. The Balaban J connectivity index is 1.69. The summed E-state index contributed by atoms with van der Waals surface area (Å²) in [5.74, 6) is 0. The zero-order chi connectivity index (χ0) is 14.0. The molecule has 1 heterocycles. The van der Waals surface area contributed by atoms with E-state index in [9.17, 15) is 0 Å². The Morgan fingerprint density at radius 1 is 1.20 bits per heavy atom. The molecule has 1 N–H and O–H groups in total. The molecule has 2 rings (SSSR count). The lowest BCUT2D eigenvalue weighted by molar-refractivity contribution is 0.132. The Kier molecular flexibility index (Phi) is 6.71. The fourth-order valence-electron chi connectivity index (χ4n) is 1.87. The number of benzene rings is 1. The number of rotatable bonds is 9. The minimum Gasteiger partial charge on any atom is -0.381 e. The van der Waals surface area contributed by atoms with Gasteiger partial charge in [-0.15, -0.1) is 11.3 Å². The minimum atomic E-state index is 0.839. The topological polar surface area (TPSA) is 34.1 Å². The van der Waals surface area contributed by atoms with Crippen LogP contribution in [-0.2, 0) is 11.3 Å². The molecule has 1 aromatic heterocycles. The van der Waals surface area contributed by atoms with Crippen LogP contribution in [0.4, 0.5) is 0 Å². The highest BCUT2D eigenvalue weighted by atomic mass is 32.1. The van der Waals surface area contributed by atoms with Gasteiger partial charge < -0.3 is 10.1 Å². The molecule has 0 radical (unpaired) electrons. The summed E-state index contributed by atoms with van der Waals surface area (Å²) in [6.45, 7) is 5.65. The second kappa shape index (κ2) is 8.84. The van der Waals surface area contributed by atoms with E-state index < -0.39 is 0 Å². The first-order chi connectivity index (χ1) is 9.90. The number of thiazole rings is 1. The molecule has 0 aliphatic heterocycles. The fraction of sp³-hybridized carbons (Fsp3) is 0.438. The molecule has 0 spiro atoms. The molecule has 2 aromatic rings. The van der Waals surface area contributed by atoms with Gasteiger partial charge in [0.25, 0.3) is 0 Å². The second-order valence-electron chi connectivity index (χ2n) is 4.64. The monoisotopic (exact) mass is 290 g/mol. The average Bonchev–Trinajstić information content (AvgIpc) is 2.96. The molecule has 108 valence electrons. The van der Waals surface area contributed by atoms with Crippen molar-refractivity contribution in [2.75, 3.05) is 19.8 Å². The Labute approximate surface area is 125 Å². The van der Waals surface area contributed by atoms with E-state index in [1.165, 1.54) is 5.56 Å². The molecule has 0 aliphatic rings. The lowest BCUT2D eigenvalue weighted by atomic mass is 10.2. The van der Waals surface area contributed by atoms with Gasteiger partial charge >= 0.3 is 0 Å². The van der Waals surface area contributed by atoms with Crippen LogP contribution in [0.3, 0.4) is 0 Å². The van der Waals surface area contributed by atoms with Crippen molar-refractivity contribution in [3.8, 4) is 11.3 Å². The standard InChI is InChI=1S/C16H22N2OS/c1-2-10-19-11-6-9-17-12-16-18-15(13-20-16)14-7-4-3-5-8-14/h3-5,7-8,13,17H,2,6,9-12H2,1H3. The molecule has 0 fully saturated rings. The Morgan fingerprint density at radius 2 is 2.05 bits per heavy atom. The zero-order valence-electron chi connectivity index (χ0n) is 12.0. The number of nitrogens with zero attached hydrogens (tertiary/aromatic N) is 1. The van der Waals surface area contributed by atoms with Gasteiger partial charge in [-0.1, -0.05) is 37.3 Å². The van der Waals surface area contributed by atoms with E-state index >= 15 is 0 Å². The number of hydrogen-bond acceptors (Lipinski definition) is 4. The third-order valence-electron chi connectivity index (χ3n) is 2.89. The summed E-state index contributed by atoms with van der Waals surface area (Å²) < 4.78 is 5.44. The van der Waals surface area contributed by atoms with Gasteiger partial charge in [0.15, 0.2) is 0 Å². The zero-order valence-corrected chi connectivity index (χ0v) is 12.8. The summed E-state index contributed by atoms with van der Waals surface area (Å²) in [6.07, 6.45) is 2.14. The number of hydrogen-bond donors (Lipinski definition) is 1. The highest BCUT2D eigenvalue weighted by Crippen LogP contribution is 2.21.